The van der Waals surface area contributed by atoms with E-state index in [0.29, 0.717) is 23.5 Å². The Balaban J connectivity index is 1.60. The highest BCUT2D eigenvalue weighted by molar-refractivity contribution is 6.00. The summed E-state index contributed by atoms with van der Waals surface area (Å²) in [4.78, 5) is 29.7. The zero-order valence-electron chi connectivity index (χ0n) is 18.8. The number of aliphatic hydroxyl groups excluding tert-OH is 1. The molecule has 1 aliphatic heterocycles. The summed E-state index contributed by atoms with van der Waals surface area (Å²) < 4.78 is 6.41. The Labute approximate surface area is 184 Å². The van der Waals surface area contributed by atoms with Gasteiger partial charge in [-0.2, -0.15) is 0 Å². The van der Waals surface area contributed by atoms with Crippen LogP contribution in [0.25, 0.3) is 0 Å². The Morgan fingerprint density at radius 2 is 2.03 bits per heavy atom. The summed E-state index contributed by atoms with van der Waals surface area (Å²) in [7, 11) is 2.13. The molecule has 170 valence electrons. The molecule has 1 aromatic carbocycles. The van der Waals surface area contributed by atoms with Gasteiger partial charge >= 0.3 is 0 Å². The number of carbonyl (C=O) groups excluding carboxylic acids is 2. The van der Waals surface area contributed by atoms with Crippen molar-refractivity contribution in [2.75, 3.05) is 38.6 Å². The molecule has 2 N–H and O–H groups in total. The molecule has 2 aliphatic carbocycles. The van der Waals surface area contributed by atoms with Crippen LogP contribution in [0.3, 0.4) is 0 Å². The molecule has 31 heavy (non-hydrogen) atoms. The third-order valence-electron chi connectivity index (χ3n) is 6.64. The van der Waals surface area contributed by atoms with Gasteiger partial charge in [0.05, 0.1) is 18.2 Å². The molecular weight excluding hydrogens is 394 g/mol. The van der Waals surface area contributed by atoms with Crippen LogP contribution in [0.2, 0.25) is 0 Å². The van der Waals surface area contributed by atoms with Gasteiger partial charge in [-0.25, -0.2) is 0 Å². The molecule has 3 aliphatic rings. The van der Waals surface area contributed by atoms with E-state index in [1.807, 2.05) is 13.0 Å². The number of anilines is 1. The number of nitrogens with zero attached hydrogens (tertiary/aromatic N) is 2. The number of ether oxygens (including phenoxy) is 1. The van der Waals surface area contributed by atoms with Crippen LogP contribution in [0.1, 0.15) is 49.9 Å². The predicted molar refractivity (Wildman–Crippen MR) is 119 cm³/mol. The molecule has 0 radical (unpaired) electrons. The van der Waals surface area contributed by atoms with E-state index < -0.39 is 0 Å². The summed E-state index contributed by atoms with van der Waals surface area (Å²) in [6, 6.07) is 5.03. The number of nitrogens with one attached hydrogen (secondary N) is 1. The van der Waals surface area contributed by atoms with Gasteiger partial charge in [-0.3, -0.25) is 9.59 Å². The highest BCUT2D eigenvalue weighted by atomic mass is 16.5. The Bertz CT molecular complexity index is 821. The van der Waals surface area contributed by atoms with E-state index in [1.165, 1.54) is 12.8 Å². The first-order chi connectivity index (χ1) is 14.9. The molecule has 2 amide bonds. The summed E-state index contributed by atoms with van der Waals surface area (Å²) >= 11 is 0. The van der Waals surface area contributed by atoms with Crippen LogP contribution in [-0.2, 0) is 4.79 Å². The van der Waals surface area contributed by atoms with Crippen LogP contribution in [0.15, 0.2) is 18.2 Å². The molecule has 1 heterocycles. The van der Waals surface area contributed by atoms with Gasteiger partial charge in [0.25, 0.3) is 5.91 Å². The zero-order valence-corrected chi connectivity index (χ0v) is 18.8. The normalized spacial score (nSPS) is 24.8. The first-order valence-electron chi connectivity index (χ1n) is 11.6. The van der Waals surface area contributed by atoms with Crippen LogP contribution >= 0.6 is 0 Å². The zero-order chi connectivity index (χ0) is 22.1. The van der Waals surface area contributed by atoms with Crippen LogP contribution in [0.4, 0.5) is 5.69 Å². The van der Waals surface area contributed by atoms with Crippen molar-refractivity contribution in [2.45, 2.75) is 51.7 Å². The number of aliphatic hydroxyl groups is 1. The fourth-order valence-electron chi connectivity index (χ4n) is 4.23. The summed E-state index contributed by atoms with van der Waals surface area (Å²) in [5.74, 6) is 1.38. The number of carbonyl (C=O) groups is 2. The monoisotopic (exact) mass is 429 g/mol. The molecule has 7 nitrogen and oxygen atoms in total. The van der Waals surface area contributed by atoms with E-state index in [4.69, 9.17) is 4.74 Å². The van der Waals surface area contributed by atoms with Crippen molar-refractivity contribution in [3.63, 3.8) is 0 Å². The Hall–Kier alpha value is -2.12. The average molecular weight is 430 g/mol. The molecule has 3 atom stereocenters. The lowest BCUT2D eigenvalue weighted by Gasteiger charge is -2.38. The molecule has 0 spiro atoms. The molecule has 0 aromatic heterocycles. The topological polar surface area (TPSA) is 82.1 Å². The maximum Gasteiger partial charge on any atom is 0.258 e. The number of amides is 2. The van der Waals surface area contributed by atoms with Gasteiger partial charge in [-0.15, -0.1) is 0 Å². The van der Waals surface area contributed by atoms with Crippen LogP contribution < -0.4 is 10.1 Å². The fourth-order valence-corrected chi connectivity index (χ4v) is 4.23. The second-order valence-electron chi connectivity index (χ2n) is 9.76. The lowest BCUT2D eigenvalue weighted by molar-refractivity contribution is -0.117. The van der Waals surface area contributed by atoms with Crippen LogP contribution in [-0.4, -0.2) is 72.2 Å². The van der Waals surface area contributed by atoms with E-state index in [1.54, 1.807) is 17.0 Å². The quantitative estimate of drug-likeness (QED) is 0.664. The molecular formula is C24H35N3O4. The minimum absolute atomic E-state index is 0.00735. The van der Waals surface area contributed by atoms with Crippen molar-refractivity contribution >= 4 is 17.5 Å². The highest BCUT2D eigenvalue weighted by Gasteiger charge is 2.35. The third kappa shape index (κ3) is 5.39. The SMILES string of the molecule is C[C@H](CO)N1C[C@H](C)[C@H](CN(C)CC2CC2)Oc2ccc(NC(=O)C3CC3)cc2C1=O. The Morgan fingerprint density at radius 3 is 2.68 bits per heavy atom. The molecule has 2 fully saturated rings. The molecule has 4 rings (SSSR count). The number of rotatable bonds is 8. The van der Waals surface area contributed by atoms with Crippen LogP contribution in [0.5, 0.6) is 5.75 Å². The van der Waals surface area contributed by atoms with Crippen molar-refractivity contribution in [1.29, 1.82) is 0 Å². The first-order valence-corrected chi connectivity index (χ1v) is 11.6. The Morgan fingerprint density at radius 1 is 1.29 bits per heavy atom. The molecule has 7 heteroatoms. The summed E-state index contributed by atoms with van der Waals surface area (Å²) in [6.07, 6.45) is 4.39. The Kier molecular flexibility index (Phi) is 6.53. The largest absolute Gasteiger partial charge is 0.488 e. The molecule has 2 saturated carbocycles. The van der Waals surface area contributed by atoms with Gasteiger partial charge in [0.1, 0.15) is 11.9 Å². The lowest BCUT2D eigenvalue weighted by atomic mass is 9.99. The van der Waals surface area contributed by atoms with E-state index in [2.05, 4.69) is 24.2 Å². The number of fused-ring (bicyclic) bond motifs is 1. The van der Waals surface area contributed by atoms with E-state index in [0.717, 1.165) is 31.8 Å². The van der Waals surface area contributed by atoms with Gasteiger partial charge in [0, 0.05) is 37.2 Å². The van der Waals surface area contributed by atoms with Gasteiger partial charge in [-0.05, 0) is 63.8 Å². The van der Waals surface area contributed by atoms with E-state index >= 15 is 0 Å². The number of hydrogen-bond donors (Lipinski definition) is 2. The second-order valence-corrected chi connectivity index (χ2v) is 9.76. The van der Waals surface area contributed by atoms with Gasteiger partial charge in [0.2, 0.25) is 5.91 Å². The average Bonchev–Trinajstić information content (AvgIpc) is 3.64. The molecule has 0 unspecified atom stereocenters. The van der Waals surface area contributed by atoms with Crippen molar-refractivity contribution in [3.8, 4) is 5.75 Å². The fraction of sp³-hybridized carbons (Fsp3) is 0.667. The lowest BCUT2D eigenvalue weighted by Crippen LogP contribution is -2.50. The molecule has 0 bridgehead atoms. The predicted octanol–water partition coefficient (Wildman–Crippen LogP) is 2.60. The first kappa shape index (κ1) is 22.1. The van der Waals surface area contributed by atoms with E-state index in [9.17, 15) is 14.7 Å². The van der Waals surface area contributed by atoms with Crippen LogP contribution in [0, 0.1) is 17.8 Å². The summed E-state index contributed by atoms with van der Waals surface area (Å²) in [6.45, 7) is 6.24. The highest BCUT2D eigenvalue weighted by Crippen LogP contribution is 2.34. The number of likely N-dealkylation sites (N-methyl/N-ethyl adjacent to an activating group) is 1. The van der Waals surface area contributed by atoms with Crippen molar-refractivity contribution in [2.24, 2.45) is 17.8 Å². The van der Waals surface area contributed by atoms with Gasteiger partial charge in [0.15, 0.2) is 0 Å². The standard InChI is InChI=1S/C24H35N3O4/c1-15-11-27(16(2)14-28)24(30)20-10-19(25-23(29)18-6-7-18)8-9-21(20)31-22(15)13-26(3)12-17-4-5-17/h8-10,15-18,22,28H,4-7,11-14H2,1-3H3,(H,25,29)/t15-,16+,22-/m0/s1. The number of benzene rings is 1. The third-order valence-corrected chi connectivity index (χ3v) is 6.64. The molecule has 0 saturated heterocycles. The maximum absolute atomic E-state index is 13.4. The van der Waals surface area contributed by atoms with E-state index in [-0.39, 0.29) is 42.4 Å². The number of hydrogen-bond acceptors (Lipinski definition) is 5. The summed E-state index contributed by atoms with van der Waals surface area (Å²) in [5.41, 5.74) is 1.05. The maximum atomic E-state index is 13.4. The minimum Gasteiger partial charge on any atom is -0.488 e. The summed E-state index contributed by atoms with van der Waals surface area (Å²) in [5, 5.41) is 12.7. The van der Waals surface area contributed by atoms with Gasteiger partial charge in [-0.1, -0.05) is 6.92 Å². The second kappa shape index (κ2) is 9.17. The van der Waals surface area contributed by atoms with Gasteiger partial charge < -0.3 is 25.0 Å². The minimum atomic E-state index is -0.296. The van der Waals surface area contributed by atoms with Crippen molar-refractivity contribution < 1.29 is 19.4 Å². The molecule has 1 aromatic rings. The van der Waals surface area contributed by atoms with Crippen molar-refractivity contribution in [1.82, 2.24) is 9.80 Å². The van der Waals surface area contributed by atoms with Crippen molar-refractivity contribution in [3.05, 3.63) is 23.8 Å². The smallest absolute Gasteiger partial charge is 0.258 e.